The second-order valence-corrected chi connectivity index (χ2v) is 7.38. The summed E-state index contributed by atoms with van der Waals surface area (Å²) >= 11 is 11.7. The van der Waals surface area contributed by atoms with Crippen LogP contribution in [0.3, 0.4) is 0 Å². The van der Waals surface area contributed by atoms with Gasteiger partial charge >= 0.3 is 6.03 Å². The van der Waals surface area contributed by atoms with Crippen molar-refractivity contribution >= 4 is 35.2 Å². The standard InChI is InChI=1S/C20H16Cl2F2N6O/c21-15-10-25-4-3-13(15)19-18(14-2-1-12(23)9-16(14)24)26-11-17(27-19)29-5-7-30(8-6-29)20(31)28-22/h1-4,9-11H,5-8H2,(H,28,31). The molecule has 1 aliphatic rings. The first-order chi connectivity index (χ1) is 15.0. The fraction of sp³-hybridized carbons (Fsp3) is 0.200. The van der Waals surface area contributed by atoms with E-state index in [4.69, 9.17) is 28.4 Å². The van der Waals surface area contributed by atoms with E-state index < -0.39 is 11.6 Å². The Morgan fingerprint density at radius 1 is 1.03 bits per heavy atom. The number of piperazine rings is 1. The lowest BCUT2D eigenvalue weighted by molar-refractivity contribution is 0.200. The van der Waals surface area contributed by atoms with Crippen LogP contribution in [0.1, 0.15) is 0 Å². The SMILES string of the molecule is O=C(NCl)N1CCN(c2cnc(-c3ccc(F)cc3F)c(-c3ccncc3Cl)n2)CC1. The molecule has 160 valence electrons. The zero-order valence-corrected chi connectivity index (χ0v) is 17.5. The molecule has 3 heterocycles. The van der Waals surface area contributed by atoms with Gasteiger partial charge in [-0.2, -0.15) is 0 Å². The number of urea groups is 1. The summed E-state index contributed by atoms with van der Waals surface area (Å²) in [5, 5.41) is 0.321. The first-order valence-corrected chi connectivity index (χ1v) is 10.1. The summed E-state index contributed by atoms with van der Waals surface area (Å²) in [6.07, 6.45) is 4.53. The Hall–Kier alpha value is -3.04. The summed E-state index contributed by atoms with van der Waals surface area (Å²) in [6, 6.07) is 4.57. The number of halogens is 4. The van der Waals surface area contributed by atoms with Gasteiger partial charge in [-0.15, -0.1) is 0 Å². The molecule has 2 amide bonds. The van der Waals surface area contributed by atoms with E-state index in [0.717, 1.165) is 12.1 Å². The van der Waals surface area contributed by atoms with Crippen molar-refractivity contribution in [1.82, 2.24) is 24.7 Å². The Bertz CT molecular complexity index is 1120. The fourth-order valence-electron chi connectivity index (χ4n) is 3.36. The molecule has 0 atom stereocenters. The van der Waals surface area contributed by atoms with E-state index in [9.17, 15) is 13.6 Å². The monoisotopic (exact) mass is 464 g/mol. The van der Waals surface area contributed by atoms with Gasteiger partial charge in [0, 0.05) is 67.5 Å². The Morgan fingerprint density at radius 3 is 2.48 bits per heavy atom. The Morgan fingerprint density at radius 2 is 1.81 bits per heavy atom. The molecule has 0 spiro atoms. The van der Waals surface area contributed by atoms with Crippen molar-refractivity contribution in [2.24, 2.45) is 0 Å². The number of hydrogen-bond donors (Lipinski definition) is 1. The number of nitrogens with zero attached hydrogens (tertiary/aromatic N) is 5. The predicted octanol–water partition coefficient (Wildman–Crippen LogP) is 4.12. The van der Waals surface area contributed by atoms with Crippen molar-refractivity contribution in [3.63, 3.8) is 0 Å². The summed E-state index contributed by atoms with van der Waals surface area (Å²) in [6.45, 7) is 1.90. The smallest absolute Gasteiger partial charge is 0.332 e. The van der Waals surface area contributed by atoms with Gasteiger partial charge in [0.1, 0.15) is 23.1 Å². The number of benzene rings is 1. The largest absolute Gasteiger partial charge is 0.352 e. The van der Waals surface area contributed by atoms with Crippen molar-refractivity contribution in [2.75, 3.05) is 31.1 Å². The third-order valence-electron chi connectivity index (χ3n) is 4.95. The van der Waals surface area contributed by atoms with Gasteiger partial charge in [0.25, 0.3) is 0 Å². The highest BCUT2D eigenvalue weighted by molar-refractivity contribution is 6.33. The fourth-order valence-corrected chi connectivity index (χ4v) is 3.69. The molecule has 1 aromatic carbocycles. The predicted molar refractivity (Wildman–Crippen MR) is 114 cm³/mol. The van der Waals surface area contributed by atoms with Crippen molar-refractivity contribution in [1.29, 1.82) is 0 Å². The van der Waals surface area contributed by atoms with Crippen LogP contribution < -0.4 is 9.74 Å². The number of aromatic nitrogens is 3. The molecule has 1 saturated heterocycles. The van der Waals surface area contributed by atoms with Crippen molar-refractivity contribution < 1.29 is 13.6 Å². The molecule has 0 bridgehead atoms. The van der Waals surface area contributed by atoms with Gasteiger partial charge < -0.3 is 9.80 Å². The van der Waals surface area contributed by atoms with E-state index in [1.54, 1.807) is 17.2 Å². The lowest BCUT2D eigenvalue weighted by Gasteiger charge is -2.34. The van der Waals surface area contributed by atoms with Crippen LogP contribution in [-0.2, 0) is 0 Å². The van der Waals surface area contributed by atoms with Crippen molar-refractivity contribution in [2.45, 2.75) is 0 Å². The molecule has 1 N–H and O–H groups in total. The van der Waals surface area contributed by atoms with E-state index in [1.807, 2.05) is 4.90 Å². The van der Waals surface area contributed by atoms with Crippen molar-refractivity contribution in [3.05, 3.63) is 59.5 Å². The number of pyridine rings is 1. The minimum absolute atomic E-state index is 0.104. The molecule has 4 rings (SSSR count). The van der Waals surface area contributed by atoms with Crippen LogP contribution >= 0.6 is 23.4 Å². The normalized spacial score (nSPS) is 13.9. The average Bonchev–Trinajstić information content (AvgIpc) is 2.79. The lowest BCUT2D eigenvalue weighted by atomic mass is 10.0. The van der Waals surface area contributed by atoms with E-state index in [0.29, 0.717) is 48.3 Å². The van der Waals surface area contributed by atoms with Crippen LogP contribution in [0.15, 0.2) is 42.9 Å². The number of amides is 2. The quantitative estimate of drug-likeness (QED) is 0.590. The van der Waals surface area contributed by atoms with E-state index in [1.165, 1.54) is 18.5 Å². The number of carbonyl (C=O) groups is 1. The number of rotatable bonds is 3. The van der Waals surface area contributed by atoms with Crippen LogP contribution in [0.2, 0.25) is 5.02 Å². The summed E-state index contributed by atoms with van der Waals surface area (Å²) in [5.41, 5.74) is 1.20. The maximum Gasteiger partial charge on any atom is 0.332 e. The van der Waals surface area contributed by atoms with E-state index >= 15 is 0 Å². The maximum atomic E-state index is 14.5. The van der Waals surface area contributed by atoms with Gasteiger partial charge in [-0.05, 0) is 18.2 Å². The van der Waals surface area contributed by atoms with Gasteiger partial charge in [-0.3, -0.25) is 4.98 Å². The van der Waals surface area contributed by atoms with E-state index in [-0.39, 0.29) is 17.3 Å². The second kappa shape index (κ2) is 8.99. The zero-order valence-electron chi connectivity index (χ0n) is 16.0. The lowest BCUT2D eigenvalue weighted by Crippen LogP contribution is -2.50. The van der Waals surface area contributed by atoms with Crippen LogP contribution in [0, 0.1) is 11.6 Å². The Kier molecular flexibility index (Phi) is 6.15. The molecule has 31 heavy (non-hydrogen) atoms. The van der Waals surface area contributed by atoms with E-state index in [2.05, 4.69) is 14.8 Å². The van der Waals surface area contributed by atoms with Gasteiger partial charge in [0.15, 0.2) is 0 Å². The third kappa shape index (κ3) is 4.38. The minimum Gasteiger partial charge on any atom is -0.352 e. The molecule has 11 heteroatoms. The Balaban J connectivity index is 1.75. The van der Waals surface area contributed by atoms with Crippen LogP contribution in [0.4, 0.5) is 19.4 Å². The molecule has 0 unspecified atom stereocenters. The number of carbonyl (C=O) groups excluding carboxylic acids is 1. The molecular weight excluding hydrogens is 449 g/mol. The number of nitrogens with one attached hydrogen (secondary N) is 1. The summed E-state index contributed by atoms with van der Waals surface area (Å²) in [5.74, 6) is -0.901. The van der Waals surface area contributed by atoms with Gasteiger partial charge in [0.2, 0.25) is 0 Å². The maximum absolute atomic E-state index is 14.5. The highest BCUT2D eigenvalue weighted by Crippen LogP contribution is 2.35. The van der Waals surface area contributed by atoms with Gasteiger partial charge in [-0.1, -0.05) is 11.6 Å². The highest BCUT2D eigenvalue weighted by Gasteiger charge is 2.24. The zero-order chi connectivity index (χ0) is 22.0. The number of hydrogen-bond acceptors (Lipinski definition) is 5. The first-order valence-electron chi connectivity index (χ1n) is 9.30. The molecule has 1 aliphatic heterocycles. The highest BCUT2D eigenvalue weighted by atomic mass is 35.5. The topological polar surface area (TPSA) is 74.2 Å². The molecular formula is C20H16Cl2F2N6O. The summed E-state index contributed by atoms with van der Waals surface area (Å²) < 4.78 is 27.9. The summed E-state index contributed by atoms with van der Waals surface area (Å²) in [4.78, 5) is 30.4. The Labute approximate surface area is 186 Å². The van der Waals surface area contributed by atoms with Crippen LogP contribution in [0.5, 0.6) is 0 Å². The first kappa shape index (κ1) is 21.2. The minimum atomic E-state index is -0.755. The molecule has 3 aromatic rings. The summed E-state index contributed by atoms with van der Waals surface area (Å²) in [7, 11) is 0. The average molecular weight is 465 g/mol. The number of anilines is 1. The second-order valence-electron chi connectivity index (χ2n) is 6.78. The van der Waals surface area contributed by atoms with Gasteiger partial charge in [0.05, 0.1) is 16.9 Å². The molecule has 0 aliphatic carbocycles. The third-order valence-corrected chi connectivity index (χ3v) is 5.41. The van der Waals surface area contributed by atoms with Crippen LogP contribution in [-0.4, -0.2) is 52.1 Å². The van der Waals surface area contributed by atoms with Gasteiger partial charge in [-0.25, -0.2) is 28.4 Å². The molecule has 0 radical (unpaired) electrons. The molecule has 1 fully saturated rings. The molecule has 2 aromatic heterocycles. The van der Waals surface area contributed by atoms with Crippen LogP contribution in [0.25, 0.3) is 22.5 Å². The molecule has 7 nitrogen and oxygen atoms in total. The van der Waals surface area contributed by atoms with Crippen molar-refractivity contribution in [3.8, 4) is 22.5 Å². The molecule has 0 saturated carbocycles.